The molecular weight excluding hydrogens is 472 g/mol. The Morgan fingerprint density at radius 3 is 2.57 bits per heavy atom. The summed E-state index contributed by atoms with van der Waals surface area (Å²) in [6, 6.07) is 15.7. The summed E-state index contributed by atoms with van der Waals surface area (Å²) in [5.74, 6) is 5.21. The van der Waals surface area contributed by atoms with E-state index in [-0.39, 0.29) is 35.7 Å². The molecule has 4 rings (SSSR count). The zero-order valence-corrected chi connectivity index (χ0v) is 19.6. The van der Waals surface area contributed by atoms with E-state index in [0.717, 1.165) is 23.4 Å². The van der Waals surface area contributed by atoms with Gasteiger partial charge >= 0.3 is 6.61 Å². The standard InChI is InChI=1S/C26H23F2N3O3S/c27-26(28)34-22-9-5-4-8-20(22)16-29-24(33)21-17-35-25(30-21)19-12-14-31(15-13-19)23(32)11-10-18-6-2-1-3-7-18/h1-9,17,19,26H,12-16H2,(H,29,33). The number of halogens is 2. The van der Waals surface area contributed by atoms with Crippen LogP contribution < -0.4 is 10.1 Å². The van der Waals surface area contributed by atoms with Crippen LogP contribution >= 0.6 is 11.3 Å². The highest BCUT2D eigenvalue weighted by molar-refractivity contribution is 7.09. The summed E-state index contributed by atoms with van der Waals surface area (Å²) in [6.45, 7) is -1.74. The fourth-order valence-corrected chi connectivity index (χ4v) is 4.73. The summed E-state index contributed by atoms with van der Waals surface area (Å²) in [7, 11) is 0. The number of likely N-dealkylation sites (tertiary alicyclic amines) is 1. The summed E-state index contributed by atoms with van der Waals surface area (Å²) in [6.07, 6.45) is 1.48. The summed E-state index contributed by atoms with van der Waals surface area (Å²) in [5.41, 5.74) is 1.53. The van der Waals surface area contributed by atoms with Crippen molar-refractivity contribution >= 4 is 23.2 Å². The van der Waals surface area contributed by atoms with E-state index in [1.54, 1.807) is 28.5 Å². The lowest BCUT2D eigenvalue weighted by Gasteiger charge is -2.29. The Morgan fingerprint density at radius 2 is 1.83 bits per heavy atom. The van der Waals surface area contributed by atoms with Gasteiger partial charge in [0.25, 0.3) is 11.8 Å². The molecular formula is C26H23F2N3O3S. The van der Waals surface area contributed by atoms with Crippen LogP contribution in [0.25, 0.3) is 0 Å². The summed E-state index contributed by atoms with van der Waals surface area (Å²) >= 11 is 1.41. The maximum Gasteiger partial charge on any atom is 0.387 e. The van der Waals surface area contributed by atoms with Crippen molar-refractivity contribution in [2.45, 2.75) is 31.9 Å². The smallest absolute Gasteiger partial charge is 0.387 e. The number of carbonyl (C=O) groups is 2. The Hall–Kier alpha value is -3.77. The van der Waals surface area contributed by atoms with Crippen molar-refractivity contribution in [2.24, 2.45) is 0 Å². The molecule has 1 aliphatic rings. The quantitative estimate of drug-likeness (QED) is 0.514. The number of hydrogen-bond donors (Lipinski definition) is 1. The molecule has 0 radical (unpaired) electrons. The van der Waals surface area contributed by atoms with Crippen LogP contribution in [-0.2, 0) is 11.3 Å². The average molecular weight is 496 g/mol. The highest BCUT2D eigenvalue weighted by Crippen LogP contribution is 2.30. The molecule has 35 heavy (non-hydrogen) atoms. The van der Waals surface area contributed by atoms with Gasteiger partial charge in [0.2, 0.25) is 0 Å². The first-order valence-corrected chi connectivity index (χ1v) is 12.0. The van der Waals surface area contributed by atoms with E-state index < -0.39 is 6.61 Å². The van der Waals surface area contributed by atoms with Gasteiger partial charge in [0.05, 0.1) is 5.01 Å². The second-order valence-electron chi connectivity index (χ2n) is 7.92. The zero-order valence-electron chi connectivity index (χ0n) is 18.7. The summed E-state index contributed by atoms with van der Waals surface area (Å²) in [5, 5.41) is 5.24. The predicted molar refractivity (Wildman–Crippen MR) is 128 cm³/mol. The van der Waals surface area contributed by atoms with Crippen molar-refractivity contribution in [1.82, 2.24) is 15.2 Å². The number of alkyl halides is 2. The van der Waals surface area contributed by atoms with Gasteiger partial charge in [0.15, 0.2) is 0 Å². The highest BCUT2D eigenvalue weighted by Gasteiger charge is 2.26. The van der Waals surface area contributed by atoms with E-state index in [2.05, 4.69) is 26.9 Å². The van der Waals surface area contributed by atoms with Crippen molar-refractivity contribution in [3.05, 3.63) is 81.8 Å². The number of piperidine rings is 1. The number of nitrogens with one attached hydrogen (secondary N) is 1. The topological polar surface area (TPSA) is 71.5 Å². The largest absolute Gasteiger partial charge is 0.434 e. The van der Waals surface area contributed by atoms with Crippen LogP contribution in [-0.4, -0.2) is 41.4 Å². The molecule has 9 heteroatoms. The van der Waals surface area contributed by atoms with Crippen LogP contribution in [0.5, 0.6) is 5.75 Å². The fraction of sp³-hybridized carbons (Fsp3) is 0.269. The Bertz CT molecular complexity index is 1230. The SMILES string of the molecule is O=C(NCc1ccccc1OC(F)F)c1csc(C2CCN(C(=O)C#Cc3ccccc3)CC2)n1. The summed E-state index contributed by atoms with van der Waals surface area (Å²) < 4.78 is 29.6. The third-order valence-electron chi connectivity index (χ3n) is 5.60. The number of ether oxygens (including phenoxy) is 1. The van der Waals surface area contributed by atoms with Crippen LogP contribution in [0.3, 0.4) is 0 Å². The molecule has 180 valence electrons. The maximum absolute atomic E-state index is 12.6. The van der Waals surface area contributed by atoms with Crippen LogP contribution in [0.2, 0.25) is 0 Å². The lowest BCUT2D eigenvalue weighted by Crippen LogP contribution is -2.37. The first kappa shape index (κ1) is 24.4. The Kier molecular flexibility index (Phi) is 8.06. The van der Waals surface area contributed by atoms with E-state index in [1.165, 1.54) is 17.4 Å². The molecule has 1 aromatic heterocycles. The van der Waals surface area contributed by atoms with Crippen molar-refractivity contribution in [2.75, 3.05) is 13.1 Å². The van der Waals surface area contributed by atoms with Gasteiger partial charge in [-0.2, -0.15) is 8.78 Å². The molecule has 0 atom stereocenters. The van der Waals surface area contributed by atoms with Crippen molar-refractivity contribution in [3.8, 4) is 17.6 Å². The van der Waals surface area contributed by atoms with Gasteiger partial charge in [-0.15, -0.1) is 11.3 Å². The predicted octanol–water partition coefficient (Wildman–Crippen LogP) is 4.43. The molecule has 0 unspecified atom stereocenters. The molecule has 6 nitrogen and oxygen atoms in total. The Labute approximate surface area is 205 Å². The molecule has 1 N–H and O–H groups in total. The first-order valence-electron chi connectivity index (χ1n) is 11.1. The lowest BCUT2D eigenvalue weighted by molar-refractivity contribution is -0.126. The number of aromatic nitrogens is 1. The summed E-state index contributed by atoms with van der Waals surface area (Å²) in [4.78, 5) is 31.2. The highest BCUT2D eigenvalue weighted by atomic mass is 32.1. The number of amides is 2. The number of hydrogen-bond acceptors (Lipinski definition) is 5. The van der Waals surface area contributed by atoms with Crippen molar-refractivity contribution in [1.29, 1.82) is 0 Å². The third-order valence-corrected chi connectivity index (χ3v) is 6.61. The molecule has 1 saturated heterocycles. The number of nitrogens with zero attached hydrogens (tertiary/aromatic N) is 2. The minimum Gasteiger partial charge on any atom is -0.434 e. The monoisotopic (exact) mass is 495 g/mol. The van der Waals surface area contributed by atoms with Gasteiger partial charge in [-0.05, 0) is 31.0 Å². The van der Waals surface area contributed by atoms with Gasteiger partial charge in [-0.3, -0.25) is 9.59 Å². The van der Waals surface area contributed by atoms with Gasteiger partial charge < -0.3 is 15.0 Å². The number of rotatable bonds is 6. The van der Waals surface area contributed by atoms with Crippen LogP contribution in [0.15, 0.2) is 60.0 Å². The van der Waals surface area contributed by atoms with Gasteiger partial charge in [-0.1, -0.05) is 42.3 Å². The molecule has 2 amide bonds. The van der Waals surface area contributed by atoms with E-state index in [1.807, 2.05) is 30.3 Å². The van der Waals surface area contributed by atoms with Crippen LogP contribution in [0, 0.1) is 11.8 Å². The first-order chi connectivity index (χ1) is 17.0. The zero-order chi connectivity index (χ0) is 24.6. The molecule has 2 aromatic carbocycles. The molecule has 3 aromatic rings. The van der Waals surface area contributed by atoms with Crippen LogP contribution in [0.4, 0.5) is 8.78 Å². The molecule has 0 saturated carbocycles. The lowest BCUT2D eigenvalue weighted by atomic mass is 9.97. The molecule has 0 spiro atoms. The number of para-hydroxylation sites is 1. The molecule has 1 aliphatic heterocycles. The van der Waals surface area contributed by atoms with E-state index >= 15 is 0 Å². The molecule has 0 bridgehead atoms. The second-order valence-corrected chi connectivity index (χ2v) is 8.81. The van der Waals surface area contributed by atoms with E-state index in [4.69, 9.17) is 0 Å². The molecule has 1 fully saturated rings. The number of thiazole rings is 1. The van der Waals surface area contributed by atoms with E-state index in [0.29, 0.717) is 18.7 Å². The Morgan fingerprint density at radius 1 is 1.11 bits per heavy atom. The number of carbonyl (C=O) groups excluding carboxylic acids is 2. The van der Waals surface area contributed by atoms with E-state index in [9.17, 15) is 18.4 Å². The van der Waals surface area contributed by atoms with Gasteiger partial charge in [0.1, 0.15) is 11.4 Å². The third kappa shape index (κ3) is 6.64. The normalized spacial score (nSPS) is 13.7. The molecule has 2 heterocycles. The van der Waals surface area contributed by atoms with Gasteiger partial charge in [-0.25, -0.2) is 4.98 Å². The second kappa shape index (κ2) is 11.6. The maximum atomic E-state index is 12.6. The van der Waals surface area contributed by atoms with Crippen molar-refractivity contribution < 1.29 is 23.1 Å². The average Bonchev–Trinajstić information content (AvgIpc) is 3.37. The molecule has 0 aliphatic carbocycles. The van der Waals surface area contributed by atoms with Crippen LogP contribution in [0.1, 0.15) is 45.4 Å². The van der Waals surface area contributed by atoms with Crippen molar-refractivity contribution in [3.63, 3.8) is 0 Å². The Balaban J connectivity index is 1.29. The van der Waals surface area contributed by atoms with Gasteiger partial charge in [0, 0.05) is 48.0 Å². The minimum atomic E-state index is -2.94. The number of benzene rings is 2. The minimum absolute atomic E-state index is 0.0246. The fourth-order valence-electron chi connectivity index (χ4n) is 3.76.